The smallest absolute Gasteiger partial charge is 0.387 e. The molecule has 0 fully saturated rings. The summed E-state index contributed by atoms with van der Waals surface area (Å²) >= 11 is 7.13. The van der Waals surface area contributed by atoms with E-state index >= 15 is 0 Å². The summed E-state index contributed by atoms with van der Waals surface area (Å²) in [5.41, 5.74) is 1.04. The average molecular weight is 439 g/mol. The molecule has 1 aromatic heterocycles. The van der Waals surface area contributed by atoms with Gasteiger partial charge in [-0.15, -0.1) is 10.2 Å². The molecule has 10 heteroatoms. The van der Waals surface area contributed by atoms with Crippen molar-refractivity contribution >= 4 is 35.0 Å². The van der Waals surface area contributed by atoms with Gasteiger partial charge in [-0.25, -0.2) is 0 Å². The van der Waals surface area contributed by atoms with Crippen molar-refractivity contribution < 1.29 is 18.3 Å². The highest BCUT2D eigenvalue weighted by atomic mass is 35.5. The summed E-state index contributed by atoms with van der Waals surface area (Å²) < 4.78 is 31.3. The van der Waals surface area contributed by atoms with Crippen molar-refractivity contribution in [1.29, 1.82) is 0 Å². The fraction of sp³-hybridized carbons (Fsp3) is 0.211. The second-order valence-corrected chi connectivity index (χ2v) is 7.15. The van der Waals surface area contributed by atoms with E-state index in [0.29, 0.717) is 22.5 Å². The number of carbonyl (C=O) groups excluding carboxylic acids is 1. The zero-order valence-electron chi connectivity index (χ0n) is 15.3. The number of rotatable bonds is 8. The highest BCUT2D eigenvalue weighted by molar-refractivity contribution is 7.99. The molecule has 0 radical (unpaired) electrons. The van der Waals surface area contributed by atoms with E-state index in [0.717, 1.165) is 5.56 Å². The van der Waals surface area contributed by atoms with Crippen molar-refractivity contribution in [3.05, 3.63) is 53.6 Å². The first-order valence-electron chi connectivity index (χ1n) is 8.63. The zero-order chi connectivity index (χ0) is 20.8. The van der Waals surface area contributed by atoms with Crippen LogP contribution in [-0.4, -0.2) is 33.0 Å². The Hall–Kier alpha value is -2.65. The lowest BCUT2D eigenvalue weighted by molar-refractivity contribution is -0.113. The zero-order valence-corrected chi connectivity index (χ0v) is 16.9. The largest absolute Gasteiger partial charge is 0.433 e. The highest BCUT2D eigenvalue weighted by Gasteiger charge is 2.16. The molecule has 0 aliphatic heterocycles. The lowest BCUT2D eigenvalue weighted by Crippen LogP contribution is -2.16. The quantitative estimate of drug-likeness (QED) is 0.504. The van der Waals surface area contributed by atoms with Gasteiger partial charge >= 0.3 is 6.61 Å². The standard InChI is InChI=1S/C19H17ClF2N4O2S/c1-2-26-17(12-7-9-13(20)10-8-12)24-25-19(26)29-11-16(27)23-14-5-3-4-6-15(14)28-18(21)22/h3-10,18H,2,11H2,1H3,(H,23,27). The Kier molecular flexibility index (Phi) is 7.05. The van der Waals surface area contributed by atoms with E-state index in [4.69, 9.17) is 11.6 Å². The normalized spacial score (nSPS) is 10.9. The van der Waals surface area contributed by atoms with E-state index in [9.17, 15) is 13.6 Å². The van der Waals surface area contributed by atoms with E-state index in [1.165, 1.54) is 23.9 Å². The third-order valence-corrected chi connectivity index (χ3v) is 5.06. The molecular formula is C19H17ClF2N4O2S. The minimum absolute atomic E-state index is 0.0295. The summed E-state index contributed by atoms with van der Waals surface area (Å²) in [6.07, 6.45) is 0. The Morgan fingerprint density at radius 3 is 2.62 bits per heavy atom. The van der Waals surface area contributed by atoms with Gasteiger partial charge in [0.15, 0.2) is 11.0 Å². The van der Waals surface area contributed by atoms with Crippen LogP contribution in [0, 0.1) is 0 Å². The summed E-state index contributed by atoms with van der Waals surface area (Å²) in [5.74, 6) is 0.228. The SMILES string of the molecule is CCn1c(SCC(=O)Nc2ccccc2OC(F)F)nnc1-c1ccc(Cl)cc1. The number of hydrogen-bond donors (Lipinski definition) is 1. The Bertz CT molecular complexity index is 983. The number of aromatic nitrogens is 3. The molecule has 0 atom stereocenters. The molecule has 0 bridgehead atoms. The third-order valence-electron chi connectivity index (χ3n) is 3.85. The molecule has 2 aromatic carbocycles. The van der Waals surface area contributed by atoms with Crippen LogP contribution in [0.1, 0.15) is 6.92 Å². The maximum Gasteiger partial charge on any atom is 0.387 e. The Morgan fingerprint density at radius 1 is 1.21 bits per heavy atom. The molecule has 29 heavy (non-hydrogen) atoms. The maximum absolute atomic E-state index is 12.5. The van der Waals surface area contributed by atoms with Crippen LogP contribution in [0.25, 0.3) is 11.4 Å². The number of halogens is 3. The number of benzene rings is 2. The summed E-state index contributed by atoms with van der Waals surface area (Å²) in [6, 6.07) is 13.3. The number of alkyl halides is 2. The number of ether oxygens (including phenoxy) is 1. The van der Waals surface area contributed by atoms with Gasteiger partial charge in [-0.2, -0.15) is 8.78 Å². The molecule has 0 spiro atoms. The van der Waals surface area contributed by atoms with Gasteiger partial charge in [0.25, 0.3) is 0 Å². The maximum atomic E-state index is 12.5. The van der Waals surface area contributed by atoms with E-state index in [1.54, 1.807) is 24.3 Å². The molecule has 3 aromatic rings. The first-order valence-corrected chi connectivity index (χ1v) is 10.00. The number of thioether (sulfide) groups is 1. The van der Waals surface area contributed by atoms with E-state index < -0.39 is 6.61 Å². The van der Waals surface area contributed by atoms with E-state index in [-0.39, 0.29) is 23.1 Å². The number of para-hydroxylation sites is 2. The van der Waals surface area contributed by atoms with Gasteiger partial charge in [-0.3, -0.25) is 4.79 Å². The Morgan fingerprint density at radius 2 is 1.93 bits per heavy atom. The number of anilines is 1. The predicted octanol–water partition coefficient (Wildman–Crippen LogP) is 4.95. The number of hydrogen-bond acceptors (Lipinski definition) is 5. The summed E-state index contributed by atoms with van der Waals surface area (Å²) in [7, 11) is 0. The summed E-state index contributed by atoms with van der Waals surface area (Å²) in [6.45, 7) is -0.415. The molecule has 0 aliphatic rings. The number of amides is 1. The first kappa shape index (κ1) is 21.1. The average Bonchev–Trinajstić information content (AvgIpc) is 3.11. The molecule has 1 N–H and O–H groups in total. The predicted molar refractivity (Wildman–Crippen MR) is 109 cm³/mol. The Labute approximate surface area is 175 Å². The monoisotopic (exact) mass is 438 g/mol. The molecular weight excluding hydrogens is 422 g/mol. The van der Waals surface area contributed by atoms with Gasteiger partial charge in [0.2, 0.25) is 5.91 Å². The molecule has 0 saturated heterocycles. The van der Waals surface area contributed by atoms with Crippen molar-refractivity contribution in [2.45, 2.75) is 25.2 Å². The molecule has 3 rings (SSSR count). The summed E-state index contributed by atoms with van der Waals surface area (Å²) in [5, 5.41) is 12.1. The van der Waals surface area contributed by atoms with Crippen molar-refractivity contribution in [2.75, 3.05) is 11.1 Å². The fourth-order valence-corrected chi connectivity index (χ4v) is 3.51. The lowest BCUT2D eigenvalue weighted by Gasteiger charge is -2.11. The highest BCUT2D eigenvalue weighted by Crippen LogP contribution is 2.27. The number of carbonyl (C=O) groups is 1. The summed E-state index contributed by atoms with van der Waals surface area (Å²) in [4.78, 5) is 12.3. The van der Waals surface area contributed by atoms with Gasteiger partial charge in [0, 0.05) is 17.1 Å². The minimum Gasteiger partial charge on any atom is -0.433 e. The fourth-order valence-electron chi connectivity index (χ4n) is 2.58. The van der Waals surface area contributed by atoms with Gasteiger partial charge < -0.3 is 14.6 Å². The lowest BCUT2D eigenvalue weighted by atomic mass is 10.2. The minimum atomic E-state index is -2.98. The van der Waals surface area contributed by atoms with Gasteiger partial charge in [-0.1, -0.05) is 35.5 Å². The topological polar surface area (TPSA) is 69.0 Å². The molecule has 1 heterocycles. The molecule has 0 aliphatic carbocycles. The number of nitrogens with one attached hydrogen (secondary N) is 1. The van der Waals surface area contributed by atoms with Crippen molar-refractivity contribution in [2.24, 2.45) is 0 Å². The van der Waals surface area contributed by atoms with Crippen LogP contribution >= 0.6 is 23.4 Å². The van der Waals surface area contributed by atoms with Crippen molar-refractivity contribution in [3.63, 3.8) is 0 Å². The first-order chi connectivity index (χ1) is 14.0. The van der Waals surface area contributed by atoms with Crippen LogP contribution in [-0.2, 0) is 11.3 Å². The molecule has 6 nitrogen and oxygen atoms in total. The van der Waals surface area contributed by atoms with Crippen LogP contribution in [0.4, 0.5) is 14.5 Å². The van der Waals surface area contributed by atoms with Crippen molar-refractivity contribution in [3.8, 4) is 17.1 Å². The molecule has 0 saturated carbocycles. The van der Waals surface area contributed by atoms with E-state index in [2.05, 4.69) is 20.3 Å². The van der Waals surface area contributed by atoms with Gasteiger partial charge in [0.05, 0.1) is 11.4 Å². The molecule has 0 unspecified atom stereocenters. The van der Waals surface area contributed by atoms with Crippen LogP contribution in [0.2, 0.25) is 5.02 Å². The van der Waals surface area contributed by atoms with Crippen LogP contribution in [0.15, 0.2) is 53.7 Å². The van der Waals surface area contributed by atoms with E-state index in [1.807, 2.05) is 23.6 Å². The van der Waals surface area contributed by atoms with Crippen LogP contribution < -0.4 is 10.1 Å². The second-order valence-electron chi connectivity index (χ2n) is 5.77. The van der Waals surface area contributed by atoms with Crippen molar-refractivity contribution in [1.82, 2.24) is 14.8 Å². The van der Waals surface area contributed by atoms with Gasteiger partial charge in [-0.05, 0) is 43.3 Å². The molecule has 1 amide bonds. The third kappa shape index (κ3) is 5.45. The second kappa shape index (κ2) is 9.71. The van der Waals surface area contributed by atoms with Crippen LogP contribution in [0.3, 0.4) is 0 Å². The van der Waals surface area contributed by atoms with Gasteiger partial charge in [0.1, 0.15) is 5.75 Å². The van der Waals surface area contributed by atoms with Crippen LogP contribution in [0.5, 0.6) is 5.75 Å². The molecule has 152 valence electrons. The number of nitrogens with zero attached hydrogens (tertiary/aromatic N) is 3. The Balaban J connectivity index is 1.67.